The zero-order chi connectivity index (χ0) is 19.3. The molecule has 1 fully saturated rings. The molecule has 1 aliphatic carbocycles. The number of carbonyl (C=O) groups is 2. The van der Waals surface area contributed by atoms with Crippen molar-refractivity contribution in [3.63, 3.8) is 0 Å². The molecule has 1 saturated carbocycles. The third kappa shape index (κ3) is 4.52. The molecule has 3 rings (SSSR count). The van der Waals surface area contributed by atoms with Crippen molar-refractivity contribution in [2.45, 2.75) is 37.5 Å². The van der Waals surface area contributed by atoms with Gasteiger partial charge in [0.2, 0.25) is 5.91 Å². The predicted molar refractivity (Wildman–Crippen MR) is 109 cm³/mol. The third-order valence-corrected chi connectivity index (χ3v) is 5.22. The first kappa shape index (κ1) is 19.0. The highest BCUT2D eigenvalue weighted by atomic mass is 32.1. The first-order valence-electron chi connectivity index (χ1n) is 8.98. The van der Waals surface area contributed by atoms with Gasteiger partial charge in [-0.05, 0) is 48.3 Å². The Balaban J connectivity index is 1.66. The standard InChI is InChI=1S/C21H22N2O3S/c24-18(25)14-15-8-10-17(11-9-15)22-20(27)23-19(26)21(12-4-5-13-21)16-6-2-1-3-7-16/h1-3,6-11H,4-5,12-14H2,(H,24,25)(H2,22,23,26,27). The topological polar surface area (TPSA) is 78.4 Å². The van der Waals surface area contributed by atoms with Crippen molar-refractivity contribution in [2.75, 3.05) is 5.32 Å². The molecule has 1 amide bonds. The van der Waals surface area contributed by atoms with Crippen LogP contribution in [-0.2, 0) is 21.4 Å². The molecule has 0 aliphatic heterocycles. The number of rotatable bonds is 5. The number of amides is 1. The van der Waals surface area contributed by atoms with Crippen molar-refractivity contribution in [1.29, 1.82) is 0 Å². The number of anilines is 1. The lowest BCUT2D eigenvalue weighted by Crippen LogP contribution is -2.46. The maximum absolute atomic E-state index is 13.0. The number of carboxylic acid groups (broad SMARTS) is 1. The van der Waals surface area contributed by atoms with E-state index in [4.69, 9.17) is 17.3 Å². The van der Waals surface area contributed by atoms with E-state index in [9.17, 15) is 9.59 Å². The fraction of sp³-hybridized carbons (Fsp3) is 0.286. The number of hydrogen-bond donors (Lipinski definition) is 3. The van der Waals surface area contributed by atoms with Crippen molar-refractivity contribution in [1.82, 2.24) is 5.32 Å². The second-order valence-electron chi connectivity index (χ2n) is 6.83. The van der Waals surface area contributed by atoms with Crippen LogP contribution in [0.3, 0.4) is 0 Å². The number of thiocarbonyl (C=S) groups is 1. The predicted octanol–water partition coefficient (Wildman–Crippen LogP) is 3.64. The summed E-state index contributed by atoms with van der Waals surface area (Å²) in [4.78, 5) is 23.8. The van der Waals surface area contributed by atoms with Gasteiger partial charge in [-0.25, -0.2) is 0 Å². The molecule has 0 aromatic heterocycles. The van der Waals surface area contributed by atoms with E-state index < -0.39 is 11.4 Å². The van der Waals surface area contributed by atoms with E-state index in [-0.39, 0.29) is 17.4 Å². The summed E-state index contributed by atoms with van der Waals surface area (Å²) in [6, 6.07) is 16.8. The van der Waals surface area contributed by atoms with Gasteiger partial charge in [-0.15, -0.1) is 0 Å². The molecule has 2 aromatic carbocycles. The molecule has 6 heteroatoms. The van der Waals surface area contributed by atoms with E-state index in [0.717, 1.165) is 31.2 Å². The Morgan fingerprint density at radius 1 is 1.00 bits per heavy atom. The van der Waals surface area contributed by atoms with E-state index in [1.807, 2.05) is 30.3 Å². The lowest BCUT2D eigenvalue weighted by molar-refractivity contribution is -0.136. The molecule has 0 radical (unpaired) electrons. The summed E-state index contributed by atoms with van der Waals surface area (Å²) < 4.78 is 0. The number of aliphatic carboxylic acids is 1. The average Bonchev–Trinajstić information content (AvgIpc) is 3.15. The monoisotopic (exact) mass is 382 g/mol. The van der Waals surface area contributed by atoms with Gasteiger partial charge in [-0.3, -0.25) is 9.59 Å². The van der Waals surface area contributed by atoms with Crippen LogP contribution in [0.4, 0.5) is 5.69 Å². The van der Waals surface area contributed by atoms with Crippen LogP contribution in [0.5, 0.6) is 0 Å². The number of nitrogens with one attached hydrogen (secondary N) is 2. The lowest BCUT2D eigenvalue weighted by Gasteiger charge is -2.28. The summed E-state index contributed by atoms with van der Waals surface area (Å²) >= 11 is 5.31. The fourth-order valence-corrected chi connectivity index (χ4v) is 3.86. The molecule has 0 atom stereocenters. The molecule has 0 spiro atoms. The van der Waals surface area contributed by atoms with E-state index in [1.54, 1.807) is 24.3 Å². The van der Waals surface area contributed by atoms with Crippen LogP contribution >= 0.6 is 12.2 Å². The van der Waals surface area contributed by atoms with Crippen LogP contribution in [0.25, 0.3) is 0 Å². The minimum atomic E-state index is -0.874. The van der Waals surface area contributed by atoms with Crippen molar-refractivity contribution in [2.24, 2.45) is 0 Å². The highest BCUT2D eigenvalue weighted by Gasteiger charge is 2.42. The largest absolute Gasteiger partial charge is 0.481 e. The molecule has 140 valence electrons. The Morgan fingerprint density at radius 3 is 2.22 bits per heavy atom. The summed E-state index contributed by atoms with van der Waals surface area (Å²) in [5.74, 6) is -0.951. The van der Waals surface area contributed by atoms with E-state index in [1.165, 1.54) is 0 Å². The van der Waals surface area contributed by atoms with Gasteiger partial charge in [0, 0.05) is 5.69 Å². The molecule has 0 heterocycles. The summed E-state index contributed by atoms with van der Waals surface area (Å²) in [7, 11) is 0. The third-order valence-electron chi connectivity index (χ3n) is 5.01. The van der Waals surface area contributed by atoms with E-state index in [2.05, 4.69) is 10.6 Å². The highest BCUT2D eigenvalue weighted by Crippen LogP contribution is 2.41. The van der Waals surface area contributed by atoms with Gasteiger partial charge in [0.05, 0.1) is 11.8 Å². The van der Waals surface area contributed by atoms with Gasteiger partial charge in [0.25, 0.3) is 0 Å². The van der Waals surface area contributed by atoms with Crippen LogP contribution in [0.1, 0.15) is 36.8 Å². The number of benzene rings is 2. The molecule has 1 aliphatic rings. The smallest absolute Gasteiger partial charge is 0.307 e. The summed E-state index contributed by atoms with van der Waals surface area (Å²) in [5, 5.41) is 14.9. The number of carbonyl (C=O) groups excluding carboxylic acids is 1. The maximum atomic E-state index is 13.0. The summed E-state index contributed by atoms with van der Waals surface area (Å²) in [6.07, 6.45) is 3.65. The Morgan fingerprint density at radius 2 is 1.63 bits per heavy atom. The van der Waals surface area contributed by atoms with Crippen molar-refractivity contribution < 1.29 is 14.7 Å². The second kappa shape index (κ2) is 8.31. The minimum absolute atomic E-state index is 0.0267. The zero-order valence-electron chi connectivity index (χ0n) is 14.9. The highest BCUT2D eigenvalue weighted by molar-refractivity contribution is 7.80. The molecule has 3 N–H and O–H groups in total. The van der Waals surface area contributed by atoms with Gasteiger partial charge >= 0.3 is 5.97 Å². The van der Waals surface area contributed by atoms with Gasteiger partial charge in [-0.1, -0.05) is 55.3 Å². The van der Waals surface area contributed by atoms with Crippen LogP contribution in [-0.4, -0.2) is 22.1 Å². The molecule has 0 bridgehead atoms. The number of hydrogen-bond acceptors (Lipinski definition) is 3. The van der Waals surface area contributed by atoms with E-state index in [0.29, 0.717) is 11.3 Å². The fourth-order valence-electron chi connectivity index (χ4n) is 3.65. The van der Waals surface area contributed by atoms with Gasteiger partial charge in [-0.2, -0.15) is 0 Å². The normalized spacial score (nSPS) is 15.1. The van der Waals surface area contributed by atoms with Crippen molar-refractivity contribution in [3.8, 4) is 0 Å². The minimum Gasteiger partial charge on any atom is -0.481 e. The summed E-state index contributed by atoms with van der Waals surface area (Å²) in [5.41, 5.74) is 1.91. The van der Waals surface area contributed by atoms with Crippen molar-refractivity contribution >= 4 is 34.9 Å². The molecule has 2 aromatic rings. The summed E-state index contributed by atoms with van der Waals surface area (Å²) in [6.45, 7) is 0. The first-order chi connectivity index (χ1) is 13.0. The Hall–Kier alpha value is -2.73. The van der Waals surface area contributed by atoms with E-state index >= 15 is 0 Å². The molecular formula is C21H22N2O3S. The van der Waals surface area contributed by atoms with Gasteiger partial charge in [0.1, 0.15) is 0 Å². The van der Waals surface area contributed by atoms with Crippen LogP contribution in [0.2, 0.25) is 0 Å². The maximum Gasteiger partial charge on any atom is 0.307 e. The first-order valence-corrected chi connectivity index (χ1v) is 9.39. The second-order valence-corrected chi connectivity index (χ2v) is 7.24. The van der Waals surface area contributed by atoms with Gasteiger partial charge < -0.3 is 15.7 Å². The van der Waals surface area contributed by atoms with Crippen molar-refractivity contribution in [3.05, 3.63) is 65.7 Å². The van der Waals surface area contributed by atoms with Gasteiger partial charge in [0.15, 0.2) is 5.11 Å². The zero-order valence-corrected chi connectivity index (χ0v) is 15.7. The van der Waals surface area contributed by atoms with Crippen LogP contribution < -0.4 is 10.6 Å². The Bertz CT molecular complexity index is 828. The average molecular weight is 382 g/mol. The van der Waals surface area contributed by atoms with Crippen LogP contribution in [0, 0.1) is 0 Å². The quantitative estimate of drug-likeness (QED) is 0.688. The molecule has 0 saturated heterocycles. The lowest BCUT2D eigenvalue weighted by atomic mass is 9.78. The van der Waals surface area contributed by atoms with Crippen LogP contribution in [0.15, 0.2) is 54.6 Å². The molecular weight excluding hydrogens is 360 g/mol. The molecule has 27 heavy (non-hydrogen) atoms. The molecule has 0 unspecified atom stereocenters. The molecule has 5 nitrogen and oxygen atoms in total. The Labute approximate surface area is 163 Å². The Kier molecular flexibility index (Phi) is 5.86. The SMILES string of the molecule is O=C(O)Cc1ccc(NC(=S)NC(=O)C2(c3ccccc3)CCCC2)cc1. The number of carboxylic acids is 1.